The van der Waals surface area contributed by atoms with Gasteiger partial charge < -0.3 is 15.3 Å². The normalized spacial score (nSPS) is 13.3. The van der Waals surface area contributed by atoms with Crippen LogP contribution in [-0.4, -0.2) is 40.7 Å². The summed E-state index contributed by atoms with van der Waals surface area (Å²) in [6, 6.07) is 9.84. The molecule has 130 valence electrons. The van der Waals surface area contributed by atoms with Crippen LogP contribution in [0.4, 0.5) is 4.79 Å². The Kier molecular flexibility index (Phi) is 6.75. The van der Waals surface area contributed by atoms with Crippen molar-refractivity contribution in [2.45, 2.75) is 38.8 Å². The summed E-state index contributed by atoms with van der Waals surface area (Å²) in [7, 11) is 1.76. The van der Waals surface area contributed by atoms with Crippen LogP contribution in [0, 0.1) is 6.92 Å². The number of urea groups is 1. The summed E-state index contributed by atoms with van der Waals surface area (Å²) in [5.74, 6) is 0.0880. The summed E-state index contributed by atoms with van der Waals surface area (Å²) >= 11 is 1.58. The lowest BCUT2D eigenvalue weighted by Gasteiger charge is -2.22. The van der Waals surface area contributed by atoms with Crippen molar-refractivity contribution in [3.63, 3.8) is 0 Å². The summed E-state index contributed by atoms with van der Waals surface area (Å²) in [5, 5.41) is 15.7. The Morgan fingerprint density at radius 1 is 1.38 bits per heavy atom. The molecule has 0 spiro atoms. The fraction of sp³-hybridized carbons (Fsp3) is 0.444. The molecule has 1 aromatic carbocycles. The minimum absolute atomic E-state index is 0.0880. The van der Waals surface area contributed by atoms with Gasteiger partial charge in [-0.3, -0.25) is 0 Å². The van der Waals surface area contributed by atoms with Gasteiger partial charge in [-0.2, -0.15) is 0 Å². The fourth-order valence-electron chi connectivity index (χ4n) is 2.62. The molecule has 0 bridgehead atoms. The molecule has 2 rings (SSSR count). The SMILES string of the molecule is Cc1nc(CN(C)C(=O)NCC(CC(C)O)c2ccccc2)cs1. The topological polar surface area (TPSA) is 65.5 Å². The van der Waals surface area contributed by atoms with E-state index in [0.29, 0.717) is 19.5 Å². The van der Waals surface area contributed by atoms with Gasteiger partial charge in [-0.25, -0.2) is 9.78 Å². The van der Waals surface area contributed by atoms with Gasteiger partial charge in [0.25, 0.3) is 0 Å². The van der Waals surface area contributed by atoms with E-state index in [4.69, 9.17) is 0 Å². The third-order valence-electron chi connectivity index (χ3n) is 3.81. The molecule has 2 unspecified atom stereocenters. The Morgan fingerprint density at radius 3 is 2.67 bits per heavy atom. The smallest absolute Gasteiger partial charge is 0.317 e. The highest BCUT2D eigenvalue weighted by Crippen LogP contribution is 2.20. The first-order valence-corrected chi connectivity index (χ1v) is 8.96. The average Bonchev–Trinajstić information content (AvgIpc) is 2.96. The molecule has 2 N–H and O–H groups in total. The number of aliphatic hydroxyl groups is 1. The molecule has 2 aromatic rings. The van der Waals surface area contributed by atoms with Crippen molar-refractivity contribution in [3.8, 4) is 0 Å². The van der Waals surface area contributed by atoms with Crippen molar-refractivity contribution < 1.29 is 9.90 Å². The van der Waals surface area contributed by atoms with Crippen LogP contribution in [0.2, 0.25) is 0 Å². The highest BCUT2D eigenvalue weighted by molar-refractivity contribution is 7.09. The maximum absolute atomic E-state index is 12.3. The molecular formula is C18H25N3O2S. The van der Waals surface area contributed by atoms with Crippen LogP contribution in [0.3, 0.4) is 0 Å². The first-order valence-electron chi connectivity index (χ1n) is 8.08. The monoisotopic (exact) mass is 347 g/mol. The minimum atomic E-state index is -0.414. The standard InChI is InChI=1S/C18H25N3O2S/c1-13(22)9-16(15-7-5-4-6-8-15)10-19-18(23)21(3)11-17-12-24-14(2)20-17/h4-8,12-13,16,22H,9-11H2,1-3H3,(H,19,23). The number of aryl methyl sites for hydroxylation is 1. The number of rotatable bonds is 7. The molecule has 0 aliphatic heterocycles. The molecule has 2 amide bonds. The van der Waals surface area contributed by atoms with Crippen LogP contribution >= 0.6 is 11.3 Å². The number of carbonyl (C=O) groups excluding carboxylic acids is 1. The van der Waals surface area contributed by atoms with Crippen LogP contribution in [0.15, 0.2) is 35.7 Å². The molecule has 0 saturated carbocycles. The maximum Gasteiger partial charge on any atom is 0.317 e. The molecular weight excluding hydrogens is 322 g/mol. The Hall–Kier alpha value is -1.92. The third kappa shape index (κ3) is 5.62. The number of thiazole rings is 1. The lowest BCUT2D eigenvalue weighted by atomic mass is 9.93. The minimum Gasteiger partial charge on any atom is -0.393 e. The van der Waals surface area contributed by atoms with Crippen molar-refractivity contribution in [1.82, 2.24) is 15.2 Å². The Labute approximate surface area is 147 Å². The second kappa shape index (κ2) is 8.80. The maximum atomic E-state index is 12.3. The Bertz CT molecular complexity index is 643. The number of hydrogen-bond acceptors (Lipinski definition) is 4. The third-order valence-corrected chi connectivity index (χ3v) is 4.63. The van der Waals surface area contributed by atoms with Gasteiger partial charge in [0, 0.05) is 24.9 Å². The number of hydrogen-bond donors (Lipinski definition) is 2. The molecule has 1 aromatic heterocycles. The number of aromatic nitrogens is 1. The summed E-state index contributed by atoms with van der Waals surface area (Å²) in [6.07, 6.45) is 0.196. The Morgan fingerprint density at radius 2 is 2.08 bits per heavy atom. The van der Waals surface area contributed by atoms with Crippen LogP contribution in [-0.2, 0) is 6.54 Å². The first-order chi connectivity index (χ1) is 11.5. The summed E-state index contributed by atoms with van der Waals surface area (Å²) in [4.78, 5) is 18.3. The lowest BCUT2D eigenvalue weighted by Crippen LogP contribution is -2.39. The van der Waals surface area contributed by atoms with E-state index in [-0.39, 0.29) is 11.9 Å². The highest BCUT2D eigenvalue weighted by atomic mass is 32.1. The zero-order valence-corrected chi connectivity index (χ0v) is 15.2. The largest absolute Gasteiger partial charge is 0.393 e. The van der Waals surface area contributed by atoms with Crippen molar-refractivity contribution in [3.05, 3.63) is 52.0 Å². The molecule has 0 fully saturated rings. The zero-order valence-electron chi connectivity index (χ0n) is 14.4. The van der Waals surface area contributed by atoms with Gasteiger partial charge >= 0.3 is 6.03 Å². The van der Waals surface area contributed by atoms with Crippen molar-refractivity contribution in [2.24, 2.45) is 0 Å². The lowest BCUT2D eigenvalue weighted by molar-refractivity contribution is 0.171. The number of amides is 2. The number of aliphatic hydroxyl groups excluding tert-OH is 1. The van der Waals surface area contributed by atoms with Gasteiger partial charge in [-0.05, 0) is 25.8 Å². The summed E-state index contributed by atoms with van der Waals surface area (Å²) in [5.41, 5.74) is 2.02. The number of benzene rings is 1. The molecule has 0 aliphatic carbocycles. The second-order valence-electron chi connectivity index (χ2n) is 6.09. The van der Waals surface area contributed by atoms with E-state index < -0.39 is 6.10 Å². The molecule has 24 heavy (non-hydrogen) atoms. The predicted molar refractivity (Wildman–Crippen MR) is 97.2 cm³/mol. The molecule has 6 heteroatoms. The van der Waals surface area contributed by atoms with Crippen molar-refractivity contribution in [2.75, 3.05) is 13.6 Å². The first kappa shape index (κ1) is 18.4. The fourth-order valence-corrected chi connectivity index (χ4v) is 3.22. The van der Waals surface area contributed by atoms with Crippen LogP contribution in [0.1, 0.15) is 35.5 Å². The van der Waals surface area contributed by atoms with Crippen LogP contribution in [0.25, 0.3) is 0 Å². The van der Waals surface area contributed by atoms with Crippen molar-refractivity contribution >= 4 is 17.4 Å². The van der Waals surface area contributed by atoms with Crippen LogP contribution < -0.4 is 5.32 Å². The van der Waals surface area contributed by atoms with Gasteiger partial charge in [0.05, 0.1) is 23.4 Å². The van der Waals surface area contributed by atoms with E-state index in [9.17, 15) is 9.90 Å². The molecule has 1 heterocycles. The van der Waals surface area contributed by atoms with Gasteiger partial charge in [-0.15, -0.1) is 11.3 Å². The molecule has 0 aliphatic rings. The van der Waals surface area contributed by atoms with E-state index in [1.54, 1.807) is 30.2 Å². The number of carbonyl (C=O) groups is 1. The van der Waals surface area contributed by atoms with E-state index in [1.165, 1.54) is 0 Å². The molecule has 2 atom stereocenters. The number of nitrogens with zero attached hydrogens (tertiary/aromatic N) is 2. The average molecular weight is 347 g/mol. The van der Waals surface area contributed by atoms with Gasteiger partial charge in [0.15, 0.2) is 0 Å². The highest BCUT2D eigenvalue weighted by Gasteiger charge is 2.17. The molecule has 5 nitrogen and oxygen atoms in total. The van der Waals surface area contributed by atoms with E-state index in [0.717, 1.165) is 16.3 Å². The quantitative estimate of drug-likeness (QED) is 0.809. The second-order valence-corrected chi connectivity index (χ2v) is 7.15. The van der Waals surface area contributed by atoms with E-state index >= 15 is 0 Å². The molecule has 0 saturated heterocycles. The zero-order chi connectivity index (χ0) is 17.5. The van der Waals surface area contributed by atoms with Crippen molar-refractivity contribution in [1.29, 1.82) is 0 Å². The summed E-state index contributed by atoms with van der Waals surface area (Å²) in [6.45, 7) is 4.71. The Balaban J connectivity index is 1.91. The predicted octanol–water partition coefficient (Wildman–Crippen LogP) is 3.15. The van der Waals surface area contributed by atoms with Crippen LogP contribution in [0.5, 0.6) is 0 Å². The van der Waals surface area contributed by atoms with E-state index in [1.807, 2.05) is 42.6 Å². The van der Waals surface area contributed by atoms with Gasteiger partial charge in [0.1, 0.15) is 0 Å². The van der Waals surface area contributed by atoms with Gasteiger partial charge in [0.2, 0.25) is 0 Å². The van der Waals surface area contributed by atoms with E-state index in [2.05, 4.69) is 10.3 Å². The summed E-state index contributed by atoms with van der Waals surface area (Å²) < 4.78 is 0. The van der Waals surface area contributed by atoms with Gasteiger partial charge in [-0.1, -0.05) is 30.3 Å². The number of nitrogens with one attached hydrogen (secondary N) is 1. The molecule has 0 radical (unpaired) electrons.